The van der Waals surface area contributed by atoms with Crippen LogP contribution >= 0.6 is 11.3 Å². The summed E-state index contributed by atoms with van der Waals surface area (Å²) in [4.78, 5) is 37.8. The Bertz CT molecular complexity index is 1090. The Labute approximate surface area is 191 Å². The first-order valence-electron chi connectivity index (χ1n) is 9.72. The van der Waals surface area contributed by atoms with Crippen LogP contribution in [-0.4, -0.2) is 21.9 Å². The summed E-state index contributed by atoms with van der Waals surface area (Å²) >= 11 is 1.12. The van der Waals surface area contributed by atoms with E-state index in [1.165, 1.54) is 17.0 Å². The van der Waals surface area contributed by atoms with Gasteiger partial charge in [-0.3, -0.25) is 14.9 Å². The molecular weight excluding hydrogens is 428 g/mol. The van der Waals surface area contributed by atoms with Crippen LogP contribution in [0.3, 0.4) is 0 Å². The highest BCUT2D eigenvalue weighted by molar-refractivity contribution is 7.18. The van der Waals surface area contributed by atoms with E-state index in [9.17, 15) is 24.8 Å². The molecular formula is C24H26N2O5S. The van der Waals surface area contributed by atoms with Gasteiger partial charge in [-0.1, -0.05) is 63.7 Å². The van der Waals surface area contributed by atoms with Gasteiger partial charge in [0.25, 0.3) is 5.69 Å². The number of hydrogen-bond acceptors (Lipinski definition) is 5. The third-order valence-corrected chi connectivity index (χ3v) is 5.79. The molecule has 1 N–H and O–H groups in total. The maximum atomic E-state index is 13.1. The summed E-state index contributed by atoms with van der Waals surface area (Å²) in [7, 11) is 0. The van der Waals surface area contributed by atoms with Gasteiger partial charge < -0.3 is 10.0 Å². The molecule has 0 fully saturated rings. The number of rotatable bonds is 8. The third-order valence-electron chi connectivity index (χ3n) is 4.63. The zero-order chi connectivity index (χ0) is 22.5. The summed E-state index contributed by atoms with van der Waals surface area (Å²) in [6.45, 7) is 3.96. The van der Waals surface area contributed by atoms with E-state index in [0.717, 1.165) is 21.8 Å². The molecule has 8 heteroatoms. The first kappa shape index (κ1) is 24.7. The average Bonchev–Trinajstić information content (AvgIpc) is 3.18. The molecule has 3 aromatic rings. The van der Waals surface area contributed by atoms with E-state index in [2.05, 4.69) is 0 Å². The molecule has 168 valence electrons. The van der Waals surface area contributed by atoms with Crippen molar-refractivity contribution in [3.8, 4) is 10.4 Å². The molecule has 0 unspecified atom stereocenters. The summed E-state index contributed by atoms with van der Waals surface area (Å²) in [5.74, 6) is -1.21. The molecule has 0 saturated carbocycles. The van der Waals surface area contributed by atoms with Crippen molar-refractivity contribution in [3.63, 3.8) is 0 Å². The topological polar surface area (TPSA) is 101 Å². The number of non-ortho nitro benzene ring substituents is 1. The van der Waals surface area contributed by atoms with Crippen molar-refractivity contribution < 1.29 is 19.6 Å². The Balaban J connectivity index is 0.00000363. The molecule has 7 nitrogen and oxygen atoms in total. The van der Waals surface area contributed by atoms with Crippen molar-refractivity contribution in [1.82, 2.24) is 0 Å². The van der Waals surface area contributed by atoms with E-state index in [1.807, 2.05) is 44.2 Å². The Hall–Kier alpha value is -3.52. The van der Waals surface area contributed by atoms with E-state index >= 15 is 0 Å². The minimum absolute atomic E-state index is 0. The standard InChI is InChI=1S/C23H22N2O5S.CH4/c1-15(2)12-21(26)24(14-16-8-10-18(11-9-16)25(29)30)19-13-20(31-22(19)23(27)28)17-6-4-3-5-7-17;/h3-11,13,15H,12,14H2,1-2H3,(H,27,28);1H4. The maximum absolute atomic E-state index is 13.1. The molecule has 2 aromatic carbocycles. The van der Waals surface area contributed by atoms with Crippen LogP contribution < -0.4 is 4.90 Å². The highest BCUT2D eigenvalue weighted by Gasteiger charge is 2.26. The minimum atomic E-state index is -1.10. The quantitative estimate of drug-likeness (QED) is 0.321. The van der Waals surface area contributed by atoms with Crippen molar-refractivity contribution >= 4 is 34.6 Å². The number of carbonyl (C=O) groups is 2. The van der Waals surface area contributed by atoms with Gasteiger partial charge >= 0.3 is 5.97 Å². The van der Waals surface area contributed by atoms with Crippen LogP contribution in [0.5, 0.6) is 0 Å². The van der Waals surface area contributed by atoms with E-state index in [4.69, 9.17) is 0 Å². The lowest BCUT2D eigenvalue weighted by Gasteiger charge is -2.23. The molecule has 0 aliphatic heterocycles. The lowest BCUT2D eigenvalue weighted by Crippen LogP contribution is -2.32. The van der Waals surface area contributed by atoms with Gasteiger partial charge in [-0.25, -0.2) is 4.79 Å². The number of thiophene rings is 1. The summed E-state index contributed by atoms with van der Waals surface area (Å²) in [5, 5.41) is 20.7. The third kappa shape index (κ3) is 5.79. The van der Waals surface area contributed by atoms with E-state index < -0.39 is 10.9 Å². The normalized spacial score (nSPS) is 10.5. The van der Waals surface area contributed by atoms with Crippen molar-refractivity contribution in [3.05, 3.63) is 81.2 Å². The zero-order valence-electron chi connectivity index (χ0n) is 17.1. The number of carboxylic acids is 1. The van der Waals surface area contributed by atoms with Gasteiger partial charge in [-0.05, 0) is 23.1 Å². The van der Waals surface area contributed by atoms with Gasteiger partial charge in [-0.2, -0.15) is 0 Å². The van der Waals surface area contributed by atoms with Crippen LogP contribution in [0, 0.1) is 16.0 Å². The van der Waals surface area contributed by atoms with Crippen LogP contribution in [0.1, 0.15) is 42.9 Å². The summed E-state index contributed by atoms with van der Waals surface area (Å²) in [6, 6.07) is 17.0. The second-order valence-corrected chi connectivity index (χ2v) is 8.55. The summed E-state index contributed by atoms with van der Waals surface area (Å²) in [6.07, 6.45) is 0.253. The fourth-order valence-electron chi connectivity index (χ4n) is 3.15. The molecule has 0 bridgehead atoms. The fraction of sp³-hybridized carbons (Fsp3) is 0.250. The summed E-state index contributed by atoms with van der Waals surface area (Å²) in [5.41, 5.74) is 1.83. The largest absolute Gasteiger partial charge is 0.477 e. The van der Waals surface area contributed by atoms with Gasteiger partial charge in [-0.15, -0.1) is 11.3 Å². The monoisotopic (exact) mass is 454 g/mol. The molecule has 1 aromatic heterocycles. The molecule has 0 radical (unpaired) electrons. The first-order chi connectivity index (χ1) is 14.8. The Morgan fingerprint density at radius 2 is 1.72 bits per heavy atom. The lowest BCUT2D eigenvalue weighted by atomic mass is 10.1. The average molecular weight is 455 g/mol. The van der Waals surface area contributed by atoms with Gasteiger partial charge in [0, 0.05) is 23.4 Å². The molecule has 3 rings (SSSR count). The number of anilines is 1. The van der Waals surface area contributed by atoms with E-state index in [1.54, 1.807) is 18.2 Å². The Kier molecular flexibility index (Phi) is 8.26. The summed E-state index contributed by atoms with van der Waals surface area (Å²) < 4.78 is 0. The fourth-order valence-corrected chi connectivity index (χ4v) is 4.16. The van der Waals surface area contributed by atoms with Gasteiger partial charge in [0.05, 0.1) is 17.2 Å². The van der Waals surface area contributed by atoms with Crippen molar-refractivity contribution in [2.45, 2.75) is 34.2 Å². The van der Waals surface area contributed by atoms with E-state index in [0.29, 0.717) is 11.3 Å². The molecule has 1 amide bonds. The molecule has 32 heavy (non-hydrogen) atoms. The number of benzene rings is 2. The number of aromatic carboxylic acids is 1. The Morgan fingerprint density at radius 1 is 1.09 bits per heavy atom. The Morgan fingerprint density at radius 3 is 2.25 bits per heavy atom. The second-order valence-electron chi connectivity index (χ2n) is 7.50. The number of nitro benzene ring substituents is 1. The molecule has 1 heterocycles. The van der Waals surface area contributed by atoms with Crippen LogP contribution in [0.25, 0.3) is 10.4 Å². The van der Waals surface area contributed by atoms with E-state index in [-0.39, 0.29) is 42.8 Å². The minimum Gasteiger partial charge on any atom is -0.477 e. The highest BCUT2D eigenvalue weighted by atomic mass is 32.1. The molecule has 0 aliphatic carbocycles. The van der Waals surface area contributed by atoms with Gasteiger partial charge in [0.2, 0.25) is 5.91 Å². The molecule has 0 aliphatic rings. The van der Waals surface area contributed by atoms with Gasteiger partial charge in [0.1, 0.15) is 4.88 Å². The van der Waals surface area contributed by atoms with Crippen LogP contribution in [-0.2, 0) is 11.3 Å². The number of nitro groups is 1. The predicted molar refractivity (Wildman–Crippen MR) is 127 cm³/mol. The highest BCUT2D eigenvalue weighted by Crippen LogP contribution is 2.38. The smallest absolute Gasteiger partial charge is 0.348 e. The maximum Gasteiger partial charge on any atom is 0.348 e. The zero-order valence-corrected chi connectivity index (χ0v) is 18.0. The first-order valence-corrected chi connectivity index (χ1v) is 10.5. The number of nitrogens with zero attached hydrogens (tertiary/aromatic N) is 2. The van der Waals surface area contributed by atoms with Crippen molar-refractivity contribution in [2.75, 3.05) is 4.90 Å². The van der Waals surface area contributed by atoms with Crippen LogP contribution in [0.4, 0.5) is 11.4 Å². The number of hydrogen-bond donors (Lipinski definition) is 1. The SMILES string of the molecule is C.CC(C)CC(=O)N(Cc1ccc([N+](=O)[O-])cc1)c1cc(-c2ccccc2)sc1C(=O)O. The van der Waals surface area contributed by atoms with Crippen LogP contribution in [0.2, 0.25) is 0 Å². The second kappa shape index (κ2) is 10.7. The lowest BCUT2D eigenvalue weighted by molar-refractivity contribution is -0.384. The molecule has 0 saturated heterocycles. The molecule has 0 spiro atoms. The van der Waals surface area contributed by atoms with Crippen molar-refractivity contribution in [2.24, 2.45) is 5.92 Å². The number of amides is 1. The number of carbonyl (C=O) groups excluding carboxylic acids is 1. The predicted octanol–water partition coefficient (Wildman–Crippen LogP) is 6.24. The van der Waals surface area contributed by atoms with Crippen LogP contribution in [0.15, 0.2) is 60.7 Å². The number of carboxylic acid groups (broad SMARTS) is 1. The molecule has 0 atom stereocenters. The van der Waals surface area contributed by atoms with Crippen molar-refractivity contribution in [1.29, 1.82) is 0 Å². The van der Waals surface area contributed by atoms with Gasteiger partial charge in [0.15, 0.2) is 0 Å².